The lowest BCUT2D eigenvalue weighted by Gasteiger charge is -2.33. The first kappa shape index (κ1) is 15.9. The standard InChI is InChI=1S/C15H17ClN2O2S2/c16-14-4-3-13(22-14)15(19)17-10-11(12-2-1-7-20-12)18-5-8-21-9-6-18/h1-4,7,11H,5-6,8-10H2,(H,17,19)/t11-/m1/s1. The maximum Gasteiger partial charge on any atom is 0.261 e. The van der Waals surface area contributed by atoms with Crippen LogP contribution in [0.1, 0.15) is 21.5 Å². The van der Waals surface area contributed by atoms with E-state index in [4.69, 9.17) is 16.0 Å². The average Bonchev–Trinajstić information content (AvgIpc) is 3.20. The Balaban J connectivity index is 1.66. The number of thioether (sulfide) groups is 1. The Hall–Kier alpha value is -0.950. The van der Waals surface area contributed by atoms with E-state index < -0.39 is 0 Å². The summed E-state index contributed by atoms with van der Waals surface area (Å²) in [5, 5.41) is 3.00. The van der Waals surface area contributed by atoms with Crippen LogP contribution >= 0.6 is 34.7 Å². The van der Waals surface area contributed by atoms with Crippen molar-refractivity contribution in [2.45, 2.75) is 6.04 Å². The predicted molar refractivity (Wildman–Crippen MR) is 92.0 cm³/mol. The molecule has 1 saturated heterocycles. The summed E-state index contributed by atoms with van der Waals surface area (Å²) in [5.74, 6) is 3.05. The Bertz CT molecular complexity index is 609. The van der Waals surface area contributed by atoms with Gasteiger partial charge in [0.05, 0.1) is 21.5 Å². The van der Waals surface area contributed by atoms with Gasteiger partial charge in [-0.1, -0.05) is 11.6 Å². The molecule has 1 atom stereocenters. The number of furan rings is 1. The molecular formula is C15H17ClN2O2S2. The maximum atomic E-state index is 12.2. The second kappa shape index (κ2) is 7.55. The van der Waals surface area contributed by atoms with Gasteiger partial charge in [-0.3, -0.25) is 9.69 Å². The van der Waals surface area contributed by atoms with Crippen molar-refractivity contribution in [1.82, 2.24) is 10.2 Å². The molecular weight excluding hydrogens is 340 g/mol. The molecule has 1 fully saturated rings. The first-order valence-corrected chi connectivity index (χ1v) is 9.47. The van der Waals surface area contributed by atoms with Crippen LogP contribution in [0.3, 0.4) is 0 Å². The summed E-state index contributed by atoms with van der Waals surface area (Å²) in [6, 6.07) is 7.44. The molecule has 0 saturated carbocycles. The number of halogens is 1. The minimum absolute atomic E-state index is 0.0790. The fourth-order valence-electron chi connectivity index (χ4n) is 2.49. The van der Waals surface area contributed by atoms with Gasteiger partial charge in [0.25, 0.3) is 5.91 Å². The molecule has 118 valence electrons. The first-order chi connectivity index (χ1) is 10.7. The van der Waals surface area contributed by atoms with Gasteiger partial charge in [-0.2, -0.15) is 11.8 Å². The van der Waals surface area contributed by atoms with Gasteiger partial charge in [-0.15, -0.1) is 11.3 Å². The topological polar surface area (TPSA) is 45.5 Å². The van der Waals surface area contributed by atoms with Gasteiger partial charge in [0.15, 0.2) is 0 Å². The van der Waals surface area contributed by atoms with Crippen molar-refractivity contribution in [3.8, 4) is 0 Å². The largest absolute Gasteiger partial charge is 0.468 e. The summed E-state index contributed by atoms with van der Waals surface area (Å²) in [6.07, 6.45) is 1.68. The number of nitrogens with one attached hydrogen (secondary N) is 1. The van der Waals surface area contributed by atoms with Crippen molar-refractivity contribution in [2.24, 2.45) is 0 Å². The Morgan fingerprint density at radius 1 is 1.36 bits per heavy atom. The molecule has 1 aliphatic rings. The van der Waals surface area contributed by atoms with E-state index in [1.165, 1.54) is 11.3 Å². The summed E-state index contributed by atoms with van der Waals surface area (Å²) in [4.78, 5) is 15.2. The van der Waals surface area contributed by atoms with Gasteiger partial charge in [0.2, 0.25) is 0 Å². The number of carbonyl (C=O) groups is 1. The molecule has 4 nitrogen and oxygen atoms in total. The molecule has 1 N–H and O–H groups in total. The van der Waals surface area contributed by atoms with E-state index in [0.29, 0.717) is 15.8 Å². The van der Waals surface area contributed by atoms with Crippen LogP contribution in [0.2, 0.25) is 4.34 Å². The maximum absolute atomic E-state index is 12.2. The zero-order chi connectivity index (χ0) is 15.4. The fraction of sp³-hybridized carbons (Fsp3) is 0.400. The van der Waals surface area contributed by atoms with Crippen LogP contribution in [-0.4, -0.2) is 41.9 Å². The number of carbonyl (C=O) groups excluding carboxylic acids is 1. The van der Waals surface area contributed by atoms with E-state index in [1.807, 2.05) is 23.9 Å². The Morgan fingerprint density at radius 3 is 2.82 bits per heavy atom. The summed E-state index contributed by atoms with van der Waals surface area (Å²) in [6.45, 7) is 2.56. The number of nitrogens with zero attached hydrogens (tertiary/aromatic N) is 1. The highest BCUT2D eigenvalue weighted by Crippen LogP contribution is 2.25. The number of rotatable bonds is 5. The number of hydrogen-bond donors (Lipinski definition) is 1. The van der Waals surface area contributed by atoms with Crippen molar-refractivity contribution >= 4 is 40.6 Å². The van der Waals surface area contributed by atoms with Crippen molar-refractivity contribution in [1.29, 1.82) is 0 Å². The van der Waals surface area contributed by atoms with E-state index in [-0.39, 0.29) is 11.9 Å². The smallest absolute Gasteiger partial charge is 0.261 e. The molecule has 2 aromatic rings. The zero-order valence-electron chi connectivity index (χ0n) is 12.0. The SMILES string of the molecule is O=C(NC[C@H](c1ccco1)N1CCSCC1)c1ccc(Cl)s1. The van der Waals surface area contributed by atoms with Crippen LogP contribution in [0.15, 0.2) is 34.9 Å². The molecule has 1 aliphatic heterocycles. The number of thiophene rings is 1. The summed E-state index contributed by atoms with van der Waals surface area (Å²) in [7, 11) is 0. The van der Waals surface area contributed by atoms with E-state index >= 15 is 0 Å². The summed E-state index contributed by atoms with van der Waals surface area (Å²) >= 11 is 9.14. The van der Waals surface area contributed by atoms with Gasteiger partial charge < -0.3 is 9.73 Å². The lowest BCUT2D eigenvalue weighted by molar-refractivity contribution is 0.0933. The van der Waals surface area contributed by atoms with E-state index in [9.17, 15) is 4.79 Å². The Morgan fingerprint density at radius 2 is 2.18 bits per heavy atom. The highest BCUT2D eigenvalue weighted by Gasteiger charge is 2.25. The third kappa shape index (κ3) is 3.87. The lowest BCUT2D eigenvalue weighted by Crippen LogP contribution is -2.41. The second-order valence-corrected chi connectivity index (χ2v) is 7.93. The van der Waals surface area contributed by atoms with Gasteiger partial charge in [-0.25, -0.2) is 0 Å². The minimum Gasteiger partial charge on any atom is -0.468 e. The van der Waals surface area contributed by atoms with Gasteiger partial charge >= 0.3 is 0 Å². The van der Waals surface area contributed by atoms with Crippen LogP contribution < -0.4 is 5.32 Å². The molecule has 3 heterocycles. The van der Waals surface area contributed by atoms with Crippen molar-refractivity contribution < 1.29 is 9.21 Å². The molecule has 0 unspecified atom stereocenters. The normalized spacial score (nSPS) is 17.3. The van der Waals surface area contributed by atoms with Crippen molar-refractivity contribution in [2.75, 3.05) is 31.1 Å². The minimum atomic E-state index is -0.0835. The van der Waals surface area contributed by atoms with Crippen LogP contribution in [0.5, 0.6) is 0 Å². The summed E-state index contributed by atoms with van der Waals surface area (Å²) in [5.41, 5.74) is 0. The van der Waals surface area contributed by atoms with Crippen LogP contribution in [0.4, 0.5) is 0 Å². The van der Waals surface area contributed by atoms with E-state index in [0.717, 1.165) is 30.4 Å². The third-order valence-corrected chi connectivity index (χ3v) is 5.78. The molecule has 0 aliphatic carbocycles. The molecule has 22 heavy (non-hydrogen) atoms. The van der Waals surface area contributed by atoms with Crippen LogP contribution in [0, 0.1) is 0 Å². The quantitative estimate of drug-likeness (QED) is 0.890. The Kier molecular flexibility index (Phi) is 5.46. The molecule has 1 amide bonds. The zero-order valence-corrected chi connectivity index (χ0v) is 14.3. The number of hydrogen-bond acceptors (Lipinski definition) is 5. The molecule has 0 radical (unpaired) electrons. The van der Waals surface area contributed by atoms with Gasteiger partial charge in [0, 0.05) is 31.1 Å². The number of amides is 1. The molecule has 3 rings (SSSR count). The molecule has 0 aromatic carbocycles. The first-order valence-electron chi connectivity index (χ1n) is 7.13. The molecule has 0 bridgehead atoms. The molecule has 0 spiro atoms. The van der Waals surface area contributed by atoms with Gasteiger partial charge in [-0.05, 0) is 24.3 Å². The monoisotopic (exact) mass is 356 g/mol. The molecule has 2 aromatic heterocycles. The predicted octanol–water partition coefficient (Wildman–Crippen LogP) is 3.51. The highest BCUT2D eigenvalue weighted by molar-refractivity contribution is 7.99. The van der Waals surface area contributed by atoms with Crippen LogP contribution in [-0.2, 0) is 0 Å². The average molecular weight is 357 g/mol. The van der Waals surface area contributed by atoms with Crippen molar-refractivity contribution in [3.63, 3.8) is 0 Å². The van der Waals surface area contributed by atoms with Crippen molar-refractivity contribution in [3.05, 3.63) is 45.5 Å². The van der Waals surface area contributed by atoms with E-state index in [2.05, 4.69) is 10.2 Å². The van der Waals surface area contributed by atoms with Gasteiger partial charge in [0.1, 0.15) is 5.76 Å². The van der Waals surface area contributed by atoms with Crippen LogP contribution in [0.25, 0.3) is 0 Å². The summed E-state index contributed by atoms with van der Waals surface area (Å²) < 4.78 is 6.20. The highest BCUT2D eigenvalue weighted by atomic mass is 35.5. The van der Waals surface area contributed by atoms with E-state index in [1.54, 1.807) is 18.4 Å². The second-order valence-electron chi connectivity index (χ2n) is 4.99. The lowest BCUT2D eigenvalue weighted by atomic mass is 10.2. The third-order valence-electron chi connectivity index (χ3n) is 3.61. The molecule has 7 heteroatoms. The fourth-order valence-corrected chi connectivity index (χ4v) is 4.38. The Labute approximate surface area is 142 Å².